The molecule has 0 radical (unpaired) electrons. The van der Waals surface area contributed by atoms with Gasteiger partial charge in [0.25, 0.3) is 5.69 Å². The highest BCUT2D eigenvalue weighted by molar-refractivity contribution is 6.31. The third-order valence-corrected chi connectivity index (χ3v) is 4.73. The summed E-state index contributed by atoms with van der Waals surface area (Å²) in [6.07, 6.45) is 0. The Hall–Kier alpha value is -2.73. The lowest BCUT2D eigenvalue weighted by atomic mass is 9.93. The molecule has 7 heteroatoms. The van der Waals surface area contributed by atoms with Crippen molar-refractivity contribution < 1.29 is 19.2 Å². The van der Waals surface area contributed by atoms with Crippen LogP contribution in [-0.4, -0.2) is 23.3 Å². The Labute approximate surface area is 155 Å². The van der Waals surface area contributed by atoms with Gasteiger partial charge >= 0.3 is 5.97 Å². The van der Waals surface area contributed by atoms with Gasteiger partial charge in [0.2, 0.25) is 5.78 Å². The molecule has 0 atom stereocenters. The zero-order valence-corrected chi connectivity index (χ0v) is 15.6. The van der Waals surface area contributed by atoms with Crippen LogP contribution in [0.2, 0.25) is 5.02 Å². The first-order valence-electron chi connectivity index (χ1n) is 7.85. The quantitative estimate of drug-likeness (QED) is 0.332. The first-order chi connectivity index (χ1) is 12.1. The highest BCUT2D eigenvalue weighted by atomic mass is 35.5. The summed E-state index contributed by atoms with van der Waals surface area (Å²) in [7, 11) is 0. The maximum atomic E-state index is 12.5. The molecule has 0 fully saturated rings. The minimum atomic E-state index is -0.967. The number of nitro benzene ring substituents is 1. The molecule has 26 heavy (non-hydrogen) atoms. The number of carbonyl (C=O) groups is 2. The van der Waals surface area contributed by atoms with E-state index in [-0.39, 0.29) is 16.4 Å². The zero-order valence-electron chi connectivity index (χ0n) is 14.9. The van der Waals surface area contributed by atoms with E-state index >= 15 is 0 Å². The predicted molar refractivity (Wildman–Crippen MR) is 98.1 cm³/mol. The van der Waals surface area contributed by atoms with E-state index in [1.807, 2.05) is 27.7 Å². The lowest BCUT2D eigenvalue weighted by Crippen LogP contribution is -2.17. The molecule has 0 aliphatic heterocycles. The van der Waals surface area contributed by atoms with E-state index in [2.05, 4.69) is 0 Å². The van der Waals surface area contributed by atoms with Crippen LogP contribution in [0.25, 0.3) is 0 Å². The van der Waals surface area contributed by atoms with Crippen LogP contribution in [0.15, 0.2) is 24.3 Å². The molecule has 0 aromatic heterocycles. The molecule has 0 amide bonds. The van der Waals surface area contributed by atoms with Crippen LogP contribution in [0.4, 0.5) is 5.69 Å². The van der Waals surface area contributed by atoms with E-state index in [0.29, 0.717) is 5.56 Å². The van der Waals surface area contributed by atoms with E-state index in [4.69, 9.17) is 16.3 Å². The Morgan fingerprint density at radius 2 is 1.69 bits per heavy atom. The van der Waals surface area contributed by atoms with Crippen molar-refractivity contribution in [2.45, 2.75) is 27.7 Å². The van der Waals surface area contributed by atoms with Crippen LogP contribution in [-0.2, 0) is 4.74 Å². The molecule has 0 unspecified atom stereocenters. The fourth-order valence-electron chi connectivity index (χ4n) is 2.62. The topological polar surface area (TPSA) is 86.5 Å². The summed E-state index contributed by atoms with van der Waals surface area (Å²) in [6.45, 7) is 7.13. The molecule has 0 saturated carbocycles. The van der Waals surface area contributed by atoms with Crippen LogP contribution in [0, 0.1) is 37.8 Å². The average Bonchev–Trinajstić information content (AvgIpc) is 2.60. The number of hydrogen-bond acceptors (Lipinski definition) is 5. The van der Waals surface area contributed by atoms with Gasteiger partial charge < -0.3 is 4.74 Å². The molecule has 0 aliphatic rings. The van der Waals surface area contributed by atoms with Crippen molar-refractivity contribution in [3.8, 4) is 0 Å². The summed E-state index contributed by atoms with van der Waals surface area (Å²) in [6, 6.07) is 5.34. The average molecular weight is 376 g/mol. The second-order valence-corrected chi connectivity index (χ2v) is 6.47. The summed E-state index contributed by atoms with van der Waals surface area (Å²) in [5.74, 6) is -1.34. The van der Waals surface area contributed by atoms with Gasteiger partial charge in [0.15, 0.2) is 6.61 Å². The van der Waals surface area contributed by atoms with Crippen molar-refractivity contribution in [1.82, 2.24) is 0 Å². The van der Waals surface area contributed by atoms with Gasteiger partial charge in [-0.05, 0) is 68.1 Å². The summed E-state index contributed by atoms with van der Waals surface area (Å²) >= 11 is 5.80. The maximum Gasteiger partial charge on any atom is 0.345 e. The second-order valence-electron chi connectivity index (χ2n) is 6.03. The first-order valence-corrected chi connectivity index (χ1v) is 8.23. The van der Waals surface area contributed by atoms with E-state index in [1.165, 1.54) is 6.07 Å². The number of nitrogens with zero attached hydrogens (tertiary/aromatic N) is 1. The van der Waals surface area contributed by atoms with Crippen molar-refractivity contribution in [1.29, 1.82) is 0 Å². The fraction of sp³-hybridized carbons (Fsp3) is 0.263. The summed E-state index contributed by atoms with van der Waals surface area (Å²) < 4.78 is 5.00. The maximum absolute atomic E-state index is 12.5. The monoisotopic (exact) mass is 375 g/mol. The number of hydrogen-bond donors (Lipinski definition) is 0. The summed E-state index contributed by atoms with van der Waals surface area (Å²) in [4.78, 5) is 35.0. The number of ether oxygens (including phenoxy) is 1. The van der Waals surface area contributed by atoms with Crippen molar-refractivity contribution >= 4 is 29.0 Å². The van der Waals surface area contributed by atoms with Crippen LogP contribution in [0.1, 0.15) is 43.0 Å². The predicted octanol–water partition coefficient (Wildman–Crippen LogP) is 4.52. The molecule has 0 saturated heterocycles. The number of aryl methyl sites for hydroxylation is 1. The SMILES string of the molecule is Cc1cc(C(=O)COC(=O)c2cc(Cl)ccc2[N+](=O)[O-])c(C)c(C)c1C. The molecule has 2 rings (SSSR count). The van der Waals surface area contributed by atoms with E-state index < -0.39 is 23.2 Å². The van der Waals surface area contributed by atoms with Crippen molar-refractivity contribution in [2.24, 2.45) is 0 Å². The normalized spacial score (nSPS) is 10.5. The van der Waals surface area contributed by atoms with E-state index in [9.17, 15) is 19.7 Å². The molecule has 0 aliphatic carbocycles. The zero-order chi connectivity index (χ0) is 19.6. The first kappa shape index (κ1) is 19.6. The Morgan fingerprint density at radius 3 is 2.31 bits per heavy atom. The van der Waals surface area contributed by atoms with Gasteiger partial charge in [-0.25, -0.2) is 4.79 Å². The molecule has 136 valence electrons. The third-order valence-electron chi connectivity index (χ3n) is 4.49. The fourth-order valence-corrected chi connectivity index (χ4v) is 2.79. The number of carbonyl (C=O) groups excluding carboxylic acids is 2. The van der Waals surface area contributed by atoms with Gasteiger partial charge in [-0.1, -0.05) is 11.6 Å². The molecule has 0 N–H and O–H groups in total. The van der Waals surface area contributed by atoms with Crippen molar-refractivity contribution in [3.63, 3.8) is 0 Å². The molecule has 2 aromatic carbocycles. The molecular weight excluding hydrogens is 358 g/mol. The highest BCUT2D eigenvalue weighted by Gasteiger charge is 2.23. The molecule has 0 heterocycles. The Kier molecular flexibility index (Phi) is 5.77. The lowest BCUT2D eigenvalue weighted by Gasteiger charge is -2.13. The number of ketones is 1. The molecule has 0 spiro atoms. The summed E-state index contributed by atoms with van der Waals surface area (Å²) in [5.41, 5.74) is 3.65. The smallest absolute Gasteiger partial charge is 0.345 e. The summed E-state index contributed by atoms with van der Waals surface area (Å²) in [5, 5.41) is 11.2. The van der Waals surface area contributed by atoms with E-state index in [1.54, 1.807) is 6.07 Å². The van der Waals surface area contributed by atoms with Gasteiger partial charge in [-0.15, -0.1) is 0 Å². The number of benzene rings is 2. The molecule has 2 aromatic rings. The number of esters is 1. The molecule has 6 nitrogen and oxygen atoms in total. The van der Waals surface area contributed by atoms with Crippen molar-refractivity contribution in [2.75, 3.05) is 6.61 Å². The van der Waals surface area contributed by atoms with Gasteiger partial charge in [0.1, 0.15) is 5.56 Å². The molecule has 0 bridgehead atoms. The van der Waals surface area contributed by atoms with Gasteiger partial charge in [-0.3, -0.25) is 14.9 Å². The minimum absolute atomic E-state index is 0.162. The number of halogens is 1. The Bertz CT molecular complexity index is 921. The van der Waals surface area contributed by atoms with Crippen LogP contribution in [0.3, 0.4) is 0 Å². The van der Waals surface area contributed by atoms with Crippen LogP contribution >= 0.6 is 11.6 Å². The number of nitro groups is 1. The second kappa shape index (κ2) is 7.66. The largest absolute Gasteiger partial charge is 0.454 e. The van der Waals surface area contributed by atoms with Crippen LogP contribution in [0.5, 0.6) is 0 Å². The lowest BCUT2D eigenvalue weighted by molar-refractivity contribution is -0.385. The number of rotatable bonds is 5. The highest BCUT2D eigenvalue weighted by Crippen LogP contribution is 2.24. The van der Waals surface area contributed by atoms with Gasteiger partial charge in [0.05, 0.1) is 4.92 Å². The Balaban J connectivity index is 2.22. The third kappa shape index (κ3) is 3.91. The van der Waals surface area contributed by atoms with Crippen molar-refractivity contribution in [3.05, 3.63) is 72.8 Å². The van der Waals surface area contributed by atoms with Gasteiger partial charge in [-0.2, -0.15) is 0 Å². The minimum Gasteiger partial charge on any atom is -0.454 e. The standard InChI is InChI=1S/C19H18ClNO5/c1-10-7-15(13(4)12(3)11(10)2)18(22)9-26-19(23)16-8-14(20)5-6-17(16)21(24)25/h5-8H,9H2,1-4H3. The number of Topliss-reactive ketones (excluding diaryl/α,β-unsaturated/α-hetero) is 1. The van der Waals surface area contributed by atoms with Crippen LogP contribution < -0.4 is 0 Å². The molecular formula is C19H18ClNO5. The van der Waals surface area contributed by atoms with E-state index in [0.717, 1.165) is 34.4 Å². The van der Waals surface area contributed by atoms with Gasteiger partial charge in [0, 0.05) is 16.7 Å². The Morgan fingerprint density at radius 1 is 1.04 bits per heavy atom.